The monoisotopic (exact) mass is 587 g/mol. The Morgan fingerprint density at radius 1 is 0.844 bits per heavy atom. The number of fused-ring (bicyclic) bond motifs is 4. The summed E-state index contributed by atoms with van der Waals surface area (Å²) < 4.78 is 12.3. The summed E-state index contributed by atoms with van der Waals surface area (Å²) in [6.07, 6.45) is 4.03. The molecular formula is C40H33N3O2. The van der Waals surface area contributed by atoms with Crippen LogP contribution in [0.5, 0.6) is 5.75 Å². The number of benzene rings is 5. The molecule has 5 heteroatoms. The van der Waals surface area contributed by atoms with Crippen LogP contribution in [0.25, 0.3) is 33.1 Å². The Hall–Kier alpha value is -5.68. The van der Waals surface area contributed by atoms with Crippen molar-refractivity contribution in [2.75, 3.05) is 7.05 Å². The van der Waals surface area contributed by atoms with Gasteiger partial charge in [0.05, 0.1) is 0 Å². The lowest BCUT2D eigenvalue weighted by Crippen LogP contribution is -2.28. The molecule has 1 N–H and O–H groups in total. The molecule has 0 amide bonds. The van der Waals surface area contributed by atoms with Crippen molar-refractivity contribution in [2.45, 2.75) is 19.4 Å². The van der Waals surface area contributed by atoms with Gasteiger partial charge in [-0.15, -0.1) is 0 Å². The van der Waals surface area contributed by atoms with E-state index in [2.05, 4.69) is 66.9 Å². The fourth-order valence-electron chi connectivity index (χ4n) is 5.98. The summed E-state index contributed by atoms with van der Waals surface area (Å²) in [5, 5.41) is 11.2. The van der Waals surface area contributed by atoms with E-state index in [0.29, 0.717) is 18.1 Å². The van der Waals surface area contributed by atoms with Crippen molar-refractivity contribution in [3.63, 3.8) is 0 Å². The highest BCUT2D eigenvalue weighted by Gasteiger charge is 2.19. The minimum Gasteiger partial charge on any atom is -0.458 e. The van der Waals surface area contributed by atoms with Crippen molar-refractivity contribution in [1.82, 2.24) is 4.90 Å². The van der Waals surface area contributed by atoms with E-state index in [-0.39, 0.29) is 11.8 Å². The molecule has 1 aliphatic rings. The molecular weight excluding hydrogens is 554 g/mol. The molecule has 6 aromatic rings. The maximum atomic E-state index is 9.30. The van der Waals surface area contributed by atoms with Crippen LogP contribution in [0.4, 0.5) is 0 Å². The molecule has 5 aromatic carbocycles. The van der Waals surface area contributed by atoms with Gasteiger partial charge >= 0.3 is 0 Å². The Morgan fingerprint density at radius 3 is 2.42 bits per heavy atom. The summed E-state index contributed by atoms with van der Waals surface area (Å²) in [6, 6.07) is 38.7. The van der Waals surface area contributed by atoms with Gasteiger partial charge in [-0.25, -0.2) is 4.99 Å². The van der Waals surface area contributed by atoms with E-state index in [9.17, 15) is 5.41 Å². The van der Waals surface area contributed by atoms with Crippen LogP contribution in [0, 0.1) is 5.41 Å². The molecule has 45 heavy (non-hydrogen) atoms. The Kier molecular flexibility index (Phi) is 7.36. The summed E-state index contributed by atoms with van der Waals surface area (Å²) in [5.41, 5.74) is 7.60. The Labute approximate surface area is 262 Å². The van der Waals surface area contributed by atoms with Gasteiger partial charge in [0.2, 0.25) is 0 Å². The fraction of sp³-hybridized carbons (Fsp3) is 0.100. The first-order valence-corrected chi connectivity index (χ1v) is 15.1. The maximum Gasteiger partial charge on any atom is 0.154 e. The summed E-state index contributed by atoms with van der Waals surface area (Å²) in [4.78, 5) is 7.07. The van der Waals surface area contributed by atoms with Gasteiger partial charge in [-0.05, 0) is 47.0 Å². The van der Waals surface area contributed by atoms with E-state index in [1.807, 2.05) is 85.9 Å². The molecule has 0 radical (unpaired) electrons. The Balaban J connectivity index is 1.27. The molecule has 2 heterocycles. The molecule has 1 unspecified atom stereocenters. The average Bonchev–Trinajstić information content (AvgIpc) is 3.38. The first-order valence-electron chi connectivity index (χ1n) is 15.1. The van der Waals surface area contributed by atoms with E-state index in [1.54, 1.807) is 0 Å². The summed E-state index contributed by atoms with van der Waals surface area (Å²) in [6.45, 7) is 6.74. The largest absolute Gasteiger partial charge is 0.458 e. The third-order valence-electron chi connectivity index (χ3n) is 8.27. The molecule has 7 rings (SSSR count). The third kappa shape index (κ3) is 5.56. The lowest BCUT2D eigenvalue weighted by Gasteiger charge is -2.23. The number of hydrogen-bond donors (Lipinski definition) is 1. The fourth-order valence-corrected chi connectivity index (χ4v) is 5.98. The summed E-state index contributed by atoms with van der Waals surface area (Å²) in [7, 11) is 2.01. The van der Waals surface area contributed by atoms with E-state index in [1.165, 1.54) is 0 Å². The van der Waals surface area contributed by atoms with Crippen molar-refractivity contribution in [3.05, 3.63) is 162 Å². The topological polar surface area (TPSA) is 61.8 Å². The van der Waals surface area contributed by atoms with Crippen molar-refractivity contribution >= 4 is 33.6 Å². The lowest BCUT2D eigenvalue weighted by molar-refractivity contribution is 0.441. The van der Waals surface area contributed by atoms with Gasteiger partial charge in [-0.2, -0.15) is 0 Å². The predicted molar refractivity (Wildman–Crippen MR) is 184 cm³/mol. The van der Waals surface area contributed by atoms with Crippen LogP contribution in [0.15, 0.2) is 149 Å². The number of nitrogens with zero attached hydrogens (tertiary/aromatic N) is 2. The van der Waals surface area contributed by atoms with Crippen molar-refractivity contribution < 1.29 is 9.15 Å². The number of amidine groups is 2. The molecule has 0 spiro atoms. The molecule has 1 aliphatic heterocycles. The van der Waals surface area contributed by atoms with Gasteiger partial charge in [0.1, 0.15) is 28.5 Å². The standard InChI is InChI=1S/C40H33N3O2/c1-26-17-18-27(2)44-37-23-28(19-21-32(26)37)25-43(3)40(30-13-8-5-9-14-30)42-39(41)33-15-10-16-36-38(33)34-24-31(20-22-35(34)45-36)29-11-6-4-7-12-29/h4-24,26,41H,2,25H2,1,3H3/b41-39?,42-40-. The first-order chi connectivity index (χ1) is 21.9. The zero-order chi connectivity index (χ0) is 30.9. The number of nitrogens with one attached hydrogen (secondary N) is 1. The number of furan rings is 1. The van der Waals surface area contributed by atoms with E-state index < -0.39 is 0 Å². The van der Waals surface area contributed by atoms with Crippen LogP contribution < -0.4 is 4.74 Å². The molecule has 0 saturated carbocycles. The van der Waals surface area contributed by atoms with Crippen LogP contribution in [0.2, 0.25) is 0 Å². The van der Waals surface area contributed by atoms with Crippen molar-refractivity contribution in [2.24, 2.45) is 4.99 Å². The van der Waals surface area contributed by atoms with Crippen LogP contribution >= 0.6 is 0 Å². The third-order valence-corrected chi connectivity index (χ3v) is 8.27. The highest BCUT2D eigenvalue weighted by Crippen LogP contribution is 2.35. The predicted octanol–water partition coefficient (Wildman–Crippen LogP) is 9.72. The van der Waals surface area contributed by atoms with Gasteiger partial charge in [0.15, 0.2) is 5.84 Å². The smallest absolute Gasteiger partial charge is 0.154 e. The maximum absolute atomic E-state index is 9.30. The number of rotatable bonds is 5. The minimum atomic E-state index is 0.167. The normalized spacial score (nSPS) is 14.7. The van der Waals surface area contributed by atoms with Gasteiger partial charge in [0, 0.05) is 47.0 Å². The second-order valence-corrected chi connectivity index (χ2v) is 11.5. The molecule has 1 aromatic heterocycles. The molecule has 0 aliphatic carbocycles. The van der Waals surface area contributed by atoms with Crippen LogP contribution in [-0.2, 0) is 6.54 Å². The van der Waals surface area contributed by atoms with Crippen LogP contribution in [0.3, 0.4) is 0 Å². The van der Waals surface area contributed by atoms with Crippen molar-refractivity contribution in [3.8, 4) is 16.9 Å². The number of ether oxygens (including phenoxy) is 1. The second kappa shape index (κ2) is 11.8. The van der Waals surface area contributed by atoms with Crippen molar-refractivity contribution in [1.29, 1.82) is 5.41 Å². The van der Waals surface area contributed by atoms with Crippen LogP contribution in [-0.4, -0.2) is 23.6 Å². The van der Waals surface area contributed by atoms with Gasteiger partial charge in [-0.1, -0.05) is 111 Å². The zero-order valence-electron chi connectivity index (χ0n) is 25.3. The Morgan fingerprint density at radius 2 is 1.62 bits per heavy atom. The zero-order valence-corrected chi connectivity index (χ0v) is 25.3. The van der Waals surface area contributed by atoms with Gasteiger partial charge in [0.25, 0.3) is 0 Å². The Bertz CT molecular complexity index is 2120. The van der Waals surface area contributed by atoms with E-state index in [4.69, 9.17) is 14.1 Å². The van der Waals surface area contributed by atoms with Crippen LogP contribution in [0.1, 0.15) is 35.1 Å². The summed E-state index contributed by atoms with van der Waals surface area (Å²) >= 11 is 0. The average molecular weight is 588 g/mol. The highest BCUT2D eigenvalue weighted by atomic mass is 16.5. The quantitative estimate of drug-likeness (QED) is 0.161. The second-order valence-electron chi connectivity index (χ2n) is 11.5. The number of hydrogen-bond acceptors (Lipinski definition) is 3. The minimum absolute atomic E-state index is 0.167. The highest BCUT2D eigenvalue weighted by molar-refractivity contribution is 6.20. The molecule has 0 bridgehead atoms. The summed E-state index contributed by atoms with van der Waals surface area (Å²) in [5.74, 6) is 2.55. The van der Waals surface area contributed by atoms with Gasteiger partial charge in [-0.3, -0.25) is 5.41 Å². The van der Waals surface area contributed by atoms with E-state index >= 15 is 0 Å². The molecule has 5 nitrogen and oxygen atoms in total. The molecule has 0 saturated heterocycles. The van der Waals surface area contributed by atoms with E-state index in [0.717, 1.165) is 61.1 Å². The molecule has 0 fully saturated rings. The molecule has 220 valence electrons. The number of allylic oxidation sites excluding steroid dienone is 2. The molecule has 1 atom stereocenters. The first kappa shape index (κ1) is 28.1. The SMILES string of the molecule is C=C1C=CC(C)c2ccc(CN(C)/C(=N\C(=N)c3cccc4oc5ccc(-c6ccccc6)cc5c34)c3ccccc3)cc2O1. The number of aliphatic imine (C=N–C) groups is 1. The lowest BCUT2D eigenvalue weighted by atomic mass is 9.98. The van der Waals surface area contributed by atoms with Gasteiger partial charge < -0.3 is 14.1 Å².